The fraction of sp³-hybridized carbons (Fsp3) is 0.409. The number of hydrogen-bond donors (Lipinski definition) is 0. The second-order valence-electron chi connectivity index (χ2n) is 6.55. The van der Waals surface area contributed by atoms with Gasteiger partial charge in [0.1, 0.15) is 17.4 Å². The predicted octanol–water partition coefficient (Wildman–Crippen LogP) is 3.49. The average molecular weight is 382 g/mol. The molecule has 0 aromatic heterocycles. The summed E-state index contributed by atoms with van der Waals surface area (Å²) in [5.74, 6) is -0.219. The van der Waals surface area contributed by atoms with Gasteiger partial charge in [-0.15, -0.1) is 0 Å². The van der Waals surface area contributed by atoms with Gasteiger partial charge in [-0.25, -0.2) is 0 Å². The van der Waals surface area contributed by atoms with Crippen molar-refractivity contribution in [3.8, 4) is 11.8 Å². The third-order valence-corrected chi connectivity index (χ3v) is 4.55. The molecule has 1 heterocycles. The standard InChI is InChI=1S/C22H26N2O4/c1-4-5-6-12-28-18-9-7-17(8-10-18)14-19-16(2)20(15-23)22(26)24(21(19)25)11-13-27-3/h7-10,14H,4-6,11-13H2,1-3H3/b19-14+. The molecule has 2 rings (SSSR count). The zero-order valence-corrected chi connectivity index (χ0v) is 16.7. The van der Waals surface area contributed by atoms with Gasteiger partial charge in [-0.3, -0.25) is 14.5 Å². The smallest absolute Gasteiger partial charge is 0.271 e. The average Bonchev–Trinajstić information content (AvgIpc) is 2.70. The number of imide groups is 1. The Hall–Kier alpha value is -2.91. The molecule has 6 nitrogen and oxygen atoms in total. The first-order valence-corrected chi connectivity index (χ1v) is 9.44. The van der Waals surface area contributed by atoms with Gasteiger partial charge in [-0.05, 0) is 42.7 Å². The number of benzene rings is 1. The number of hydrogen-bond acceptors (Lipinski definition) is 5. The molecular weight excluding hydrogens is 356 g/mol. The molecule has 0 unspecified atom stereocenters. The van der Waals surface area contributed by atoms with Gasteiger partial charge in [0.15, 0.2) is 0 Å². The van der Waals surface area contributed by atoms with E-state index >= 15 is 0 Å². The maximum atomic E-state index is 12.8. The summed E-state index contributed by atoms with van der Waals surface area (Å²) in [6.45, 7) is 4.77. The number of unbranched alkanes of at least 4 members (excludes halogenated alkanes) is 2. The highest BCUT2D eigenvalue weighted by molar-refractivity contribution is 6.19. The molecule has 1 aliphatic rings. The van der Waals surface area contributed by atoms with Gasteiger partial charge < -0.3 is 9.47 Å². The highest BCUT2D eigenvalue weighted by Crippen LogP contribution is 2.27. The van der Waals surface area contributed by atoms with Crippen molar-refractivity contribution in [1.82, 2.24) is 4.90 Å². The lowest BCUT2D eigenvalue weighted by atomic mass is 9.93. The normalized spacial score (nSPS) is 15.9. The molecule has 0 atom stereocenters. The van der Waals surface area contributed by atoms with Crippen LogP contribution in [0.2, 0.25) is 0 Å². The molecule has 0 bridgehead atoms. The molecule has 28 heavy (non-hydrogen) atoms. The molecule has 0 N–H and O–H groups in total. The number of methoxy groups -OCH3 is 1. The molecule has 148 valence electrons. The maximum Gasteiger partial charge on any atom is 0.271 e. The van der Waals surface area contributed by atoms with Crippen LogP contribution in [0.1, 0.15) is 38.7 Å². The molecule has 1 aromatic carbocycles. The Balaban J connectivity index is 2.24. The number of rotatable bonds is 9. The lowest BCUT2D eigenvalue weighted by molar-refractivity contribution is -0.141. The summed E-state index contributed by atoms with van der Waals surface area (Å²) in [7, 11) is 1.49. The minimum atomic E-state index is -0.574. The van der Waals surface area contributed by atoms with E-state index in [2.05, 4.69) is 6.92 Å². The lowest BCUT2D eigenvalue weighted by Gasteiger charge is -2.27. The van der Waals surface area contributed by atoms with Crippen molar-refractivity contribution in [3.63, 3.8) is 0 Å². The number of nitrogens with zero attached hydrogens (tertiary/aromatic N) is 2. The molecule has 0 saturated heterocycles. The maximum absolute atomic E-state index is 12.8. The zero-order valence-electron chi connectivity index (χ0n) is 16.7. The van der Waals surface area contributed by atoms with E-state index in [9.17, 15) is 14.9 Å². The van der Waals surface area contributed by atoms with Gasteiger partial charge in [-0.2, -0.15) is 5.26 Å². The van der Waals surface area contributed by atoms with E-state index in [1.54, 1.807) is 13.0 Å². The van der Waals surface area contributed by atoms with Crippen molar-refractivity contribution < 1.29 is 19.1 Å². The van der Waals surface area contributed by atoms with Crippen LogP contribution in [0.25, 0.3) is 6.08 Å². The Kier molecular flexibility index (Phi) is 7.97. The van der Waals surface area contributed by atoms with Crippen molar-refractivity contribution >= 4 is 17.9 Å². The Morgan fingerprint density at radius 1 is 1.11 bits per heavy atom. The van der Waals surface area contributed by atoms with Gasteiger partial charge in [0, 0.05) is 12.7 Å². The van der Waals surface area contributed by atoms with Crippen LogP contribution in [-0.2, 0) is 14.3 Å². The Morgan fingerprint density at radius 3 is 2.43 bits per heavy atom. The van der Waals surface area contributed by atoms with Crippen LogP contribution in [0.5, 0.6) is 5.75 Å². The van der Waals surface area contributed by atoms with E-state index in [1.165, 1.54) is 7.11 Å². The van der Waals surface area contributed by atoms with Crippen LogP contribution in [0.3, 0.4) is 0 Å². The van der Waals surface area contributed by atoms with Crippen molar-refractivity contribution in [3.05, 3.63) is 46.5 Å². The molecule has 6 heteroatoms. The molecule has 0 aliphatic carbocycles. The third-order valence-electron chi connectivity index (χ3n) is 4.55. The van der Waals surface area contributed by atoms with Gasteiger partial charge in [-0.1, -0.05) is 31.9 Å². The molecular formula is C22H26N2O4. The fourth-order valence-corrected chi connectivity index (χ4v) is 2.88. The number of nitriles is 1. The summed E-state index contributed by atoms with van der Waals surface area (Å²) in [5.41, 5.74) is 1.51. The molecule has 0 spiro atoms. The quantitative estimate of drug-likeness (QED) is 0.371. The van der Waals surface area contributed by atoms with E-state index in [1.807, 2.05) is 30.3 Å². The highest BCUT2D eigenvalue weighted by atomic mass is 16.5. The van der Waals surface area contributed by atoms with E-state index < -0.39 is 11.8 Å². The first-order chi connectivity index (χ1) is 13.5. The van der Waals surface area contributed by atoms with E-state index in [4.69, 9.17) is 9.47 Å². The molecule has 0 radical (unpaired) electrons. The van der Waals surface area contributed by atoms with Gasteiger partial charge in [0.2, 0.25) is 0 Å². The molecule has 1 aromatic rings. The first-order valence-electron chi connectivity index (χ1n) is 9.44. The summed E-state index contributed by atoms with van der Waals surface area (Å²) in [6.07, 6.45) is 4.99. The van der Waals surface area contributed by atoms with E-state index in [0.29, 0.717) is 17.8 Å². The minimum absolute atomic E-state index is 0.0159. The zero-order chi connectivity index (χ0) is 20.5. The number of ether oxygens (including phenoxy) is 2. The molecule has 0 fully saturated rings. The minimum Gasteiger partial charge on any atom is -0.494 e. The van der Waals surface area contributed by atoms with Crippen LogP contribution in [0.4, 0.5) is 0 Å². The van der Waals surface area contributed by atoms with Crippen LogP contribution < -0.4 is 4.74 Å². The van der Waals surface area contributed by atoms with Crippen molar-refractivity contribution in [2.45, 2.75) is 33.1 Å². The van der Waals surface area contributed by atoms with Crippen LogP contribution >= 0.6 is 0 Å². The largest absolute Gasteiger partial charge is 0.494 e. The van der Waals surface area contributed by atoms with Crippen LogP contribution in [-0.4, -0.2) is 43.6 Å². The Bertz CT molecular complexity index is 816. The number of carbonyl (C=O) groups excluding carboxylic acids is 2. The highest BCUT2D eigenvalue weighted by Gasteiger charge is 2.35. The summed E-state index contributed by atoms with van der Waals surface area (Å²) in [6, 6.07) is 9.33. The van der Waals surface area contributed by atoms with Gasteiger partial charge >= 0.3 is 0 Å². The fourth-order valence-electron chi connectivity index (χ4n) is 2.88. The number of carbonyl (C=O) groups is 2. The summed E-state index contributed by atoms with van der Waals surface area (Å²) in [4.78, 5) is 26.3. The van der Waals surface area contributed by atoms with Crippen LogP contribution in [0.15, 0.2) is 41.0 Å². The molecule has 0 saturated carbocycles. The lowest BCUT2D eigenvalue weighted by Crippen LogP contribution is -2.44. The second kappa shape index (κ2) is 10.4. The summed E-state index contributed by atoms with van der Waals surface area (Å²) in [5, 5.41) is 9.36. The van der Waals surface area contributed by atoms with Gasteiger partial charge in [0.05, 0.1) is 19.8 Å². The molecule has 1 aliphatic heterocycles. The van der Waals surface area contributed by atoms with E-state index in [-0.39, 0.29) is 18.7 Å². The summed E-state index contributed by atoms with van der Waals surface area (Å²) < 4.78 is 10.7. The van der Waals surface area contributed by atoms with Crippen molar-refractivity contribution in [2.75, 3.05) is 26.9 Å². The second-order valence-corrected chi connectivity index (χ2v) is 6.55. The van der Waals surface area contributed by atoms with Crippen molar-refractivity contribution in [1.29, 1.82) is 5.26 Å². The molecule has 2 amide bonds. The van der Waals surface area contributed by atoms with E-state index in [0.717, 1.165) is 35.5 Å². The monoisotopic (exact) mass is 382 g/mol. The first kappa shape index (κ1) is 21.4. The predicted molar refractivity (Wildman–Crippen MR) is 106 cm³/mol. The van der Waals surface area contributed by atoms with Crippen molar-refractivity contribution in [2.24, 2.45) is 0 Å². The SMILES string of the molecule is CCCCCOc1ccc(/C=C2/C(=O)N(CCOC)C(=O)C(C#N)=C2C)cc1. The number of amides is 2. The van der Waals surface area contributed by atoms with Crippen LogP contribution in [0, 0.1) is 11.3 Å². The topological polar surface area (TPSA) is 79.6 Å². The van der Waals surface area contributed by atoms with Gasteiger partial charge in [0.25, 0.3) is 11.8 Å². The Morgan fingerprint density at radius 2 is 1.82 bits per heavy atom. The summed E-state index contributed by atoms with van der Waals surface area (Å²) >= 11 is 0. The Labute approximate surface area is 166 Å². The third kappa shape index (κ3) is 5.08.